The highest BCUT2D eigenvalue weighted by atomic mass is 16.5. The Morgan fingerprint density at radius 2 is 2.06 bits per heavy atom. The first-order chi connectivity index (χ1) is 8.11. The molecule has 90 valence electrons. The summed E-state index contributed by atoms with van der Waals surface area (Å²) in [7, 11) is 1.60. The molecule has 0 spiro atoms. The predicted octanol–water partition coefficient (Wildman–Crippen LogP) is 2.10. The summed E-state index contributed by atoms with van der Waals surface area (Å²) in [5.41, 5.74) is 1.85. The van der Waals surface area contributed by atoms with E-state index < -0.39 is 0 Å². The summed E-state index contributed by atoms with van der Waals surface area (Å²) in [6.45, 7) is 6.08. The average Bonchev–Trinajstić information content (AvgIpc) is 2.74. The predicted molar refractivity (Wildman–Crippen MR) is 64.5 cm³/mol. The Balaban J connectivity index is 2.48. The van der Waals surface area contributed by atoms with Gasteiger partial charge in [-0.15, -0.1) is 0 Å². The molecule has 5 heteroatoms. The minimum atomic E-state index is 0.329. The molecule has 2 rings (SSSR count). The standard InChI is InChI=1S/C12H16N4O/c1-8(2)10-5-13-11(12(15-10)17-4)16-6-9(3)14-7-16/h5-8H,1-4H3. The second kappa shape index (κ2) is 4.53. The van der Waals surface area contributed by atoms with Crippen LogP contribution < -0.4 is 4.74 Å². The fourth-order valence-corrected chi connectivity index (χ4v) is 1.51. The van der Waals surface area contributed by atoms with E-state index >= 15 is 0 Å². The van der Waals surface area contributed by atoms with Crippen molar-refractivity contribution in [1.82, 2.24) is 19.5 Å². The van der Waals surface area contributed by atoms with Gasteiger partial charge in [-0.1, -0.05) is 13.8 Å². The molecule has 0 fully saturated rings. The van der Waals surface area contributed by atoms with E-state index in [9.17, 15) is 0 Å². The second-order valence-corrected chi connectivity index (χ2v) is 4.20. The molecule has 0 radical (unpaired) electrons. The van der Waals surface area contributed by atoms with Crippen LogP contribution in [0.4, 0.5) is 0 Å². The van der Waals surface area contributed by atoms with E-state index in [-0.39, 0.29) is 0 Å². The molecule has 2 aromatic heterocycles. The summed E-state index contributed by atoms with van der Waals surface area (Å²) in [4.78, 5) is 13.0. The van der Waals surface area contributed by atoms with Crippen LogP contribution in [0, 0.1) is 6.92 Å². The maximum atomic E-state index is 5.28. The van der Waals surface area contributed by atoms with Gasteiger partial charge >= 0.3 is 0 Å². The van der Waals surface area contributed by atoms with Crippen LogP contribution in [0.1, 0.15) is 31.2 Å². The van der Waals surface area contributed by atoms with Gasteiger partial charge in [0.05, 0.1) is 24.7 Å². The molecule has 0 aromatic carbocycles. The van der Waals surface area contributed by atoms with Crippen molar-refractivity contribution in [1.29, 1.82) is 0 Å². The Morgan fingerprint density at radius 3 is 2.59 bits per heavy atom. The van der Waals surface area contributed by atoms with Gasteiger partial charge in [-0.3, -0.25) is 4.57 Å². The number of hydrogen-bond acceptors (Lipinski definition) is 4. The minimum absolute atomic E-state index is 0.329. The van der Waals surface area contributed by atoms with Gasteiger partial charge < -0.3 is 4.74 Å². The number of hydrogen-bond donors (Lipinski definition) is 0. The zero-order chi connectivity index (χ0) is 12.4. The summed E-state index contributed by atoms with van der Waals surface area (Å²) >= 11 is 0. The van der Waals surface area contributed by atoms with E-state index in [2.05, 4.69) is 28.8 Å². The summed E-state index contributed by atoms with van der Waals surface area (Å²) in [5, 5.41) is 0. The number of rotatable bonds is 3. The highest BCUT2D eigenvalue weighted by Crippen LogP contribution is 2.21. The lowest BCUT2D eigenvalue weighted by atomic mass is 10.1. The lowest BCUT2D eigenvalue weighted by molar-refractivity contribution is 0.390. The van der Waals surface area contributed by atoms with Crippen molar-refractivity contribution >= 4 is 0 Å². The molecule has 2 aromatic rings. The molecule has 0 bridgehead atoms. The van der Waals surface area contributed by atoms with Gasteiger partial charge in [0.2, 0.25) is 5.82 Å². The third kappa shape index (κ3) is 2.27. The topological polar surface area (TPSA) is 52.8 Å². The third-order valence-electron chi connectivity index (χ3n) is 2.48. The van der Waals surface area contributed by atoms with E-state index in [0.717, 1.165) is 11.4 Å². The van der Waals surface area contributed by atoms with Crippen LogP contribution in [-0.4, -0.2) is 26.6 Å². The van der Waals surface area contributed by atoms with Crippen LogP contribution in [0.25, 0.3) is 5.82 Å². The van der Waals surface area contributed by atoms with Crippen LogP contribution in [0.2, 0.25) is 0 Å². The first-order valence-electron chi connectivity index (χ1n) is 5.53. The van der Waals surface area contributed by atoms with Gasteiger partial charge in [-0.05, 0) is 12.8 Å². The van der Waals surface area contributed by atoms with E-state index in [1.807, 2.05) is 17.7 Å². The van der Waals surface area contributed by atoms with E-state index in [4.69, 9.17) is 4.74 Å². The Morgan fingerprint density at radius 1 is 1.29 bits per heavy atom. The maximum absolute atomic E-state index is 5.28. The van der Waals surface area contributed by atoms with Crippen molar-refractivity contribution in [3.63, 3.8) is 0 Å². The monoisotopic (exact) mass is 232 g/mol. The maximum Gasteiger partial charge on any atom is 0.258 e. The molecule has 0 atom stereocenters. The van der Waals surface area contributed by atoms with Gasteiger partial charge in [0.15, 0.2) is 0 Å². The van der Waals surface area contributed by atoms with Crippen molar-refractivity contribution in [3.05, 3.63) is 30.1 Å². The number of aryl methyl sites for hydroxylation is 1. The zero-order valence-corrected chi connectivity index (χ0v) is 10.5. The lowest BCUT2D eigenvalue weighted by Crippen LogP contribution is -2.04. The van der Waals surface area contributed by atoms with Crippen molar-refractivity contribution in [2.45, 2.75) is 26.7 Å². The van der Waals surface area contributed by atoms with E-state index in [1.54, 1.807) is 19.6 Å². The quantitative estimate of drug-likeness (QED) is 0.813. The summed E-state index contributed by atoms with van der Waals surface area (Å²) in [6, 6.07) is 0. The molecule has 2 heterocycles. The molecule has 0 saturated carbocycles. The van der Waals surface area contributed by atoms with Crippen molar-refractivity contribution in [3.8, 4) is 11.7 Å². The Labute approximate surface area is 101 Å². The molecule has 0 saturated heterocycles. The largest absolute Gasteiger partial charge is 0.478 e. The van der Waals surface area contributed by atoms with Crippen LogP contribution in [-0.2, 0) is 0 Å². The molecule has 0 amide bonds. The molecule has 0 aliphatic rings. The van der Waals surface area contributed by atoms with Crippen molar-refractivity contribution in [2.75, 3.05) is 7.11 Å². The summed E-state index contributed by atoms with van der Waals surface area (Å²) in [6.07, 6.45) is 5.37. The highest BCUT2D eigenvalue weighted by Gasteiger charge is 2.12. The van der Waals surface area contributed by atoms with Crippen molar-refractivity contribution < 1.29 is 4.74 Å². The van der Waals surface area contributed by atoms with Gasteiger partial charge in [0, 0.05) is 6.20 Å². The van der Waals surface area contributed by atoms with Crippen LogP contribution in [0.15, 0.2) is 18.7 Å². The van der Waals surface area contributed by atoms with Crippen molar-refractivity contribution in [2.24, 2.45) is 0 Å². The van der Waals surface area contributed by atoms with Gasteiger partial charge in [0.1, 0.15) is 6.33 Å². The SMILES string of the molecule is COc1nc(C(C)C)cnc1-n1cnc(C)c1. The molecular weight excluding hydrogens is 216 g/mol. The minimum Gasteiger partial charge on any atom is -0.478 e. The average molecular weight is 232 g/mol. The molecule has 0 unspecified atom stereocenters. The van der Waals surface area contributed by atoms with Crippen LogP contribution in [0.3, 0.4) is 0 Å². The fourth-order valence-electron chi connectivity index (χ4n) is 1.51. The smallest absolute Gasteiger partial charge is 0.258 e. The fraction of sp³-hybridized carbons (Fsp3) is 0.417. The Hall–Kier alpha value is -1.91. The molecule has 5 nitrogen and oxygen atoms in total. The normalized spacial score (nSPS) is 10.9. The van der Waals surface area contributed by atoms with Gasteiger partial charge in [-0.2, -0.15) is 0 Å². The molecule has 0 aliphatic heterocycles. The number of methoxy groups -OCH3 is 1. The Kier molecular flexibility index (Phi) is 3.08. The van der Waals surface area contributed by atoms with Crippen LogP contribution in [0.5, 0.6) is 5.88 Å². The number of imidazole rings is 1. The number of aromatic nitrogens is 4. The second-order valence-electron chi connectivity index (χ2n) is 4.20. The van der Waals surface area contributed by atoms with E-state index in [0.29, 0.717) is 17.6 Å². The Bertz CT molecular complexity index is 519. The van der Waals surface area contributed by atoms with Gasteiger partial charge in [0.25, 0.3) is 5.88 Å². The number of ether oxygens (including phenoxy) is 1. The molecule has 0 aliphatic carbocycles. The third-order valence-corrected chi connectivity index (χ3v) is 2.48. The first kappa shape index (κ1) is 11.6. The lowest BCUT2D eigenvalue weighted by Gasteiger charge is -2.10. The van der Waals surface area contributed by atoms with Crippen LogP contribution >= 0.6 is 0 Å². The molecular formula is C12H16N4O. The number of nitrogens with zero attached hydrogens (tertiary/aromatic N) is 4. The highest BCUT2D eigenvalue weighted by molar-refractivity contribution is 5.35. The molecule has 17 heavy (non-hydrogen) atoms. The zero-order valence-electron chi connectivity index (χ0n) is 10.5. The summed E-state index contributed by atoms with van der Waals surface area (Å²) < 4.78 is 7.09. The molecule has 0 N–H and O–H groups in total. The first-order valence-corrected chi connectivity index (χ1v) is 5.53. The van der Waals surface area contributed by atoms with Gasteiger partial charge in [-0.25, -0.2) is 15.0 Å². The van der Waals surface area contributed by atoms with E-state index in [1.165, 1.54) is 0 Å². The summed E-state index contributed by atoms with van der Waals surface area (Å²) in [5.74, 6) is 1.51.